The highest BCUT2D eigenvalue weighted by Gasteiger charge is 2.58. The largest absolute Gasteiger partial charge is 0.494 e. The summed E-state index contributed by atoms with van der Waals surface area (Å²) in [6.45, 7) is 2.67. The van der Waals surface area contributed by atoms with E-state index >= 15 is 0 Å². The summed E-state index contributed by atoms with van der Waals surface area (Å²) in [4.78, 5) is 177. The van der Waals surface area contributed by atoms with E-state index in [2.05, 4.69) is 41.2 Å². The maximum atomic E-state index is 14.8. The molecule has 9 aromatic heterocycles. The van der Waals surface area contributed by atoms with Crippen molar-refractivity contribution in [3.63, 3.8) is 0 Å². The molecule has 4 atom stereocenters. The molecule has 648 valence electrons. The van der Waals surface area contributed by atoms with Gasteiger partial charge in [0, 0.05) is 124 Å². The first-order chi connectivity index (χ1) is 62.0. The fourth-order valence-electron chi connectivity index (χ4n) is 18.5. The van der Waals surface area contributed by atoms with Crippen LogP contribution in [0.1, 0.15) is 118 Å². The van der Waals surface area contributed by atoms with Gasteiger partial charge >= 0.3 is 0 Å². The summed E-state index contributed by atoms with van der Waals surface area (Å²) >= 11 is 2.65. The number of nitrogen functional groups attached to an aromatic ring is 2. The number of carbonyl (C=O) groups is 12. The number of carbonyl (C=O) groups excluding carboxylic acids is 12. The van der Waals surface area contributed by atoms with E-state index in [1.807, 2.05) is 85.5 Å². The molecule has 37 heteroatoms. The number of nitrogens with zero attached hydrogens (tertiary/aromatic N) is 9. The van der Waals surface area contributed by atoms with Crippen LogP contribution in [0.25, 0.3) is 75.7 Å². The van der Waals surface area contributed by atoms with Crippen LogP contribution in [0.15, 0.2) is 182 Å². The van der Waals surface area contributed by atoms with Crippen molar-refractivity contribution in [1.29, 1.82) is 0 Å². The zero-order valence-electron chi connectivity index (χ0n) is 68.7. The van der Waals surface area contributed by atoms with Gasteiger partial charge in [-0.2, -0.15) is 0 Å². The summed E-state index contributed by atoms with van der Waals surface area (Å²) in [5.74, 6) is -5.63. The molecule has 0 radical (unpaired) electrons. The van der Waals surface area contributed by atoms with Crippen LogP contribution in [0.5, 0.6) is 11.5 Å². The minimum Gasteiger partial charge on any atom is -0.494 e. The van der Waals surface area contributed by atoms with E-state index < -0.39 is 80.6 Å². The standard InChI is InChI=1S/C25H20N4O4.2C23H17FN4O5S.C21H17N3O4/c1-28-8-6-16(12-28)15-4-5-17-13-29(23(31)18(17)9-15)14-25(11-22(30)27-24(25)32)21-10-19-20(33-21)3-2-7-26-19;1-32-13-3-2-10-8-28(20(30)18(10)19(13)24)9-23(7-17(29)27-21(23)31)16-5-11-4-15-12(6-14(11)33-16)26-22(25)34-15;1-32-13-3-2-10-8-28(20(30)17(10)18(13)24)9-23(7-16(29)26-21(23)31)15-6-11-12(33-15)4-5-14-19(11)27-22(25)34-14;1-12-4-5-13-10-24(19(26)14(13)7-12)11-21(9-18(25)23-20(21)27)17-8-15-16(28-17)3-2-6-22-15/h2-10,12H,11,13-14H2,1H3,(H,27,30,32);2-6H,7-9H2,1H3,(H2,25,26)(H,27,29,31);2-6H,7-9H2,1H3,(H2,25,27)(H,26,29,31);2-8H,9-11H2,1H3,(H,23,25,27)/t25-;2*23-;21-/m1111/s1. The number of fused-ring (bicyclic) bond motifs is 11. The third kappa shape index (κ3) is 13.7. The van der Waals surface area contributed by atoms with Gasteiger partial charge in [0.1, 0.15) is 66.9 Å². The van der Waals surface area contributed by atoms with Crippen molar-refractivity contribution in [2.24, 2.45) is 7.05 Å². The van der Waals surface area contributed by atoms with Crippen LogP contribution in [-0.2, 0) is 93.2 Å². The first kappa shape index (κ1) is 81.7. The Balaban J connectivity index is 0.000000108. The SMILES string of the molecule is COc1ccc2c(c1F)C(=O)N(C[C@@]1(c3cc4c(ccc5sc(N)nc54)o3)CC(=O)NC1=O)C2.COc1ccc2c(c1F)C(=O)N(C[C@@]1(c3cc4cc5sc(N)nc5cc4o3)CC(=O)NC1=O)C2.Cc1ccc2c(c1)C(=O)N(C[C@@]1(c3cc4ncccc4o3)CC(=O)NC1=O)C2.Cn1ccc(-c2ccc3c(c2)C(=O)N(C[C@@]2(c4cc5ncccc5o4)CC(=O)NC2=O)C3)c1. The fraction of sp³-hybridized carbons (Fsp3) is 0.217. The Bertz CT molecular complexity index is 7370. The third-order valence-electron chi connectivity index (χ3n) is 24.9. The average Bonchev–Trinajstić information content (AvgIpc) is 1.60. The molecule has 0 bridgehead atoms. The zero-order chi connectivity index (χ0) is 89.8. The first-order valence-electron chi connectivity index (χ1n) is 40.5. The van der Waals surface area contributed by atoms with Crippen LogP contribution in [0.4, 0.5) is 19.0 Å². The van der Waals surface area contributed by atoms with E-state index in [4.69, 9.17) is 38.6 Å². The number of furan rings is 4. The Morgan fingerprint density at radius 1 is 0.442 bits per heavy atom. The van der Waals surface area contributed by atoms with E-state index in [1.165, 1.54) is 58.8 Å². The quantitative estimate of drug-likeness (QED) is 0.0519. The van der Waals surface area contributed by atoms with Crippen LogP contribution >= 0.6 is 22.7 Å². The van der Waals surface area contributed by atoms with E-state index in [1.54, 1.807) is 95.0 Å². The highest BCUT2D eigenvalue weighted by molar-refractivity contribution is 7.22. The molecule has 8 N–H and O–H groups in total. The lowest BCUT2D eigenvalue weighted by Crippen LogP contribution is -2.46. The number of hydrogen-bond acceptors (Lipinski definition) is 26. The van der Waals surface area contributed by atoms with Crippen molar-refractivity contribution in [2.45, 2.75) is 80.4 Å². The molecule has 129 heavy (non-hydrogen) atoms. The second-order valence-electron chi connectivity index (χ2n) is 33.0. The van der Waals surface area contributed by atoms with Crippen molar-refractivity contribution < 1.29 is 93.5 Å². The summed E-state index contributed by atoms with van der Waals surface area (Å²) in [5, 5.41) is 11.6. The van der Waals surface area contributed by atoms with Crippen molar-refractivity contribution in [1.82, 2.24) is 65.4 Å². The molecule has 4 saturated heterocycles. The van der Waals surface area contributed by atoms with Crippen LogP contribution in [0, 0.1) is 18.6 Å². The molecule has 0 unspecified atom stereocenters. The third-order valence-corrected chi connectivity index (χ3v) is 26.6. The van der Waals surface area contributed by atoms with E-state index in [9.17, 15) is 66.3 Å². The summed E-state index contributed by atoms with van der Waals surface area (Å²) < 4.78 is 67.2. The van der Waals surface area contributed by atoms with Crippen LogP contribution in [0.3, 0.4) is 0 Å². The number of rotatable bonds is 15. The second-order valence-corrected chi connectivity index (χ2v) is 35.1. The van der Waals surface area contributed by atoms with Gasteiger partial charge in [0.15, 0.2) is 44.6 Å². The molecule has 23 rings (SSSR count). The Hall–Kier alpha value is -15.7. The number of amides is 12. The van der Waals surface area contributed by atoms with Gasteiger partial charge in [-0.25, -0.2) is 18.7 Å². The molecule has 15 aromatic rings. The lowest BCUT2D eigenvalue weighted by atomic mass is 9.82. The summed E-state index contributed by atoms with van der Waals surface area (Å²) in [7, 11) is 4.59. The number of benzene rings is 6. The summed E-state index contributed by atoms with van der Waals surface area (Å²) in [5.41, 5.74) is 17.5. The number of thiazole rings is 2. The maximum absolute atomic E-state index is 14.8. The monoisotopic (exact) mass is 1780 g/mol. The Morgan fingerprint density at radius 2 is 0.884 bits per heavy atom. The van der Waals surface area contributed by atoms with Gasteiger partial charge in [0.25, 0.3) is 23.6 Å². The van der Waals surface area contributed by atoms with E-state index in [-0.39, 0.29) is 123 Å². The van der Waals surface area contributed by atoms with Gasteiger partial charge in [0.05, 0.1) is 71.5 Å². The van der Waals surface area contributed by atoms with Crippen molar-refractivity contribution in [3.8, 4) is 22.6 Å². The van der Waals surface area contributed by atoms with Gasteiger partial charge in [-0.1, -0.05) is 64.6 Å². The Kier molecular flexibility index (Phi) is 19.4. The molecule has 0 aliphatic carbocycles. The maximum Gasteiger partial charge on any atom is 0.257 e. The second kappa shape index (κ2) is 30.6. The van der Waals surface area contributed by atoms with Gasteiger partial charge in [-0.15, -0.1) is 0 Å². The van der Waals surface area contributed by atoms with Gasteiger partial charge in [-0.05, 0) is 125 Å². The number of halogens is 2. The predicted molar refractivity (Wildman–Crippen MR) is 460 cm³/mol. The highest BCUT2D eigenvalue weighted by atomic mass is 32.1. The van der Waals surface area contributed by atoms with Gasteiger partial charge in [-0.3, -0.25) is 88.8 Å². The molecule has 8 aliphatic heterocycles. The highest BCUT2D eigenvalue weighted by Crippen LogP contribution is 2.47. The number of anilines is 2. The molecular formula is C92H71F2N15O18S2. The molecule has 4 fully saturated rings. The number of aryl methyl sites for hydroxylation is 2. The minimum atomic E-state index is -1.47. The van der Waals surface area contributed by atoms with Gasteiger partial charge < -0.3 is 62.8 Å². The number of aromatic nitrogens is 5. The first-order valence-corrected chi connectivity index (χ1v) is 42.1. The number of ether oxygens (including phenoxy) is 2. The lowest BCUT2D eigenvalue weighted by molar-refractivity contribution is -0.128. The van der Waals surface area contributed by atoms with Crippen LogP contribution in [0.2, 0.25) is 0 Å². The van der Waals surface area contributed by atoms with E-state index in [0.717, 1.165) is 37.2 Å². The normalized spacial score (nSPS) is 20.3. The lowest BCUT2D eigenvalue weighted by Gasteiger charge is -2.28. The van der Waals surface area contributed by atoms with Gasteiger partial charge in [0.2, 0.25) is 47.3 Å². The van der Waals surface area contributed by atoms with Crippen molar-refractivity contribution in [2.75, 3.05) is 51.9 Å². The molecule has 8 aliphatic rings. The molecule has 6 aromatic carbocycles. The summed E-state index contributed by atoms with van der Waals surface area (Å²) in [6.07, 6.45) is 6.68. The molecule has 17 heterocycles. The average molecular weight is 1780 g/mol. The smallest absolute Gasteiger partial charge is 0.257 e. The molecular weight excluding hydrogens is 1710 g/mol. The van der Waals surface area contributed by atoms with E-state index in [0.29, 0.717) is 112 Å². The topological polar surface area (TPSA) is 445 Å². The number of imide groups is 4. The molecule has 0 spiro atoms. The number of methoxy groups -OCH3 is 2. The zero-order valence-corrected chi connectivity index (χ0v) is 70.3. The Morgan fingerprint density at radius 3 is 1.36 bits per heavy atom. The minimum absolute atomic E-state index is 0.0380. The molecule has 12 amide bonds. The Labute approximate surface area is 734 Å². The summed E-state index contributed by atoms with van der Waals surface area (Å²) in [6, 6.07) is 40.6. The van der Waals surface area contributed by atoms with Crippen LogP contribution in [-0.4, -0.2) is 155 Å². The van der Waals surface area contributed by atoms with Crippen LogP contribution < -0.4 is 42.2 Å². The number of nitrogens with two attached hydrogens (primary N) is 2. The number of nitrogens with one attached hydrogen (secondary N) is 4. The molecule has 33 nitrogen and oxygen atoms in total. The van der Waals surface area contributed by atoms with Crippen molar-refractivity contribution in [3.05, 3.63) is 249 Å². The molecule has 0 saturated carbocycles. The predicted octanol–water partition coefficient (Wildman–Crippen LogP) is 10.3. The number of pyridine rings is 2. The van der Waals surface area contributed by atoms with Crippen molar-refractivity contribution >= 4 is 168 Å². The number of hydrogen-bond donors (Lipinski definition) is 6. The fourth-order valence-corrected chi connectivity index (χ4v) is 20.0.